The van der Waals surface area contributed by atoms with Gasteiger partial charge in [0.25, 0.3) is 0 Å². The predicted octanol–water partition coefficient (Wildman–Crippen LogP) is 2.37. The van der Waals surface area contributed by atoms with Gasteiger partial charge in [-0.1, -0.05) is 12.8 Å². The molecule has 0 atom stereocenters. The topological polar surface area (TPSA) is 59.5 Å². The quantitative estimate of drug-likeness (QED) is 0.934. The molecule has 2 aromatic heterocycles. The molecule has 0 amide bonds. The number of fused-ring (bicyclic) bond motifs is 1. The van der Waals surface area contributed by atoms with Crippen LogP contribution in [0.5, 0.6) is 0 Å². The first kappa shape index (κ1) is 13.8. The summed E-state index contributed by atoms with van der Waals surface area (Å²) in [6.45, 7) is 2.79. The van der Waals surface area contributed by atoms with E-state index in [1.807, 2.05) is 10.6 Å². The molecule has 1 saturated heterocycles. The molecule has 1 aliphatic heterocycles. The Bertz CT molecular complexity index is 587. The lowest BCUT2D eigenvalue weighted by molar-refractivity contribution is 0.726. The van der Waals surface area contributed by atoms with Gasteiger partial charge >= 0.3 is 0 Å². The predicted molar refractivity (Wildman–Crippen MR) is 84.1 cm³/mol. The summed E-state index contributed by atoms with van der Waals surface area (Å²) in [5.41, 5.74) is 7.47. The van der Waals surface area contributed by atoms with E-state index in [2.05, 4.69) is 31.9 Å². The highest BCUT2D eigenvalue weighted by Gasteiger charge is 2.14. The van der Waals surface area contributed by atoms with Crippen molar-refractivity contribution in [2.45, 2.75) is 32.1 Å². The second-order valence-electron chi connectivity index (χ2n) is 5.25. The SMILES string of the molecule is NCCc1nc2ccc(N3CCCCCC3)nn2c1Br. The molecule has 0 bridgehead atoms. The van der Waals surface area contributed by atoms with E-state index in [-0.39, 0.29) is 0 Å². The lowest BCUT2D eigenvalue weighted by Crippen LogP contribution is -2.25. The van der Waals surface area contributed by atoms with Crippen molar-refractivity contribution < 1.29 is 0 Å². The smallest absolute Gasteiger partial charge is 0.155 e. The molecular weight excluding hydrogens is 318 g/mol. The molecule has 20 heavy (non-hydrogen) atoms. The van der Waals surface area contributed by atoms with Crippen LogP contribution in [0.25, 0.3) is 5.65 Å². The first-order chi connectivity index (χ1) is 9.79. The van der Waals surface area contributed by atoms with Gasteiger partial charge in [0.05, 0.1) is 5.69 Å². The van der Waals surface area contributed by atoms with E-state index >= 15 is 0 Å². The Labute approximate surface area is 127 Å². The molecule has 3 heterocycles. The van der Waals surface area contributed by atoms with Crippen molar-refractivity contribution in [1.82, 2.24) is 14.6 Å². The second kappa shape index (κ2) is 6.10. The van der Waals surface area contributed by atoms with Crippen molar-refractivity contribution >= 4 is 27.4 Å². The zero-order valence-electron chi connectivity index (χ0n) is 11.6. The van der Waals surface area contributed by atoms with Crippen molar-refractivity contribution in [2.24, 2.45) is 5.73 Å². The Morgan fingerprint density at radius 2 is 1.90 bits per heavy atom. The van der Waals surface area contributed by atoms with Gasteiger partial charge in [-0.2, -0.15) is 0 Å². The highest BCUT2D eigenvalue weighted by Crippen LogP contribution is 2.22. The molecule has 0 radical (unpaired) electrons. The molecule has 1 fully saturated rings. The zero-order chi connectivity index (χ0) is 13.9. The Morgan fingerprint density at radius 3 is 2.60 bits per heavy atom. The fourth-order valence-corrected chi connectivity index (χ4v) is 3.25. The third-order valence-corrected chi connectivity index (χ3v) is 4.58. The zero-order valence-corrected chi connectivity index (χ0v) is 13.1. The van der Waals surface area contributed by atoms with E-state index in [0.29, 0.717) is 6.54 Å². The van der Waals surface area contributed by atoms with Crippen LogP contribution in [0, 0.1) is 0 Å². The van der Waals surface area contributed by atoms with E-state index < -0.39 is 0 Å². The Balaban J connectivity index is 1.94. The average Bonchev–Trinajstić information content (AvgIpc) is 2.67. The van der Waals surface area contributed by atoms with E-state index in [0.717, 1.165) is 41.3 Å². The Hall–Kier alpha value is -1.14. The van der Waals surface area contributed by atoms with Crippen molar-refractivity contribution in [3.05, 3.63) is 22.4 Å². The number of hydrogen-bond donors (Lipinski definition) is 1. The molecule has 6 heteroatoms. The minimum absolute atomic E-state index is 0.599. The summed E-state index contributed by atoms with van der Waals surface area (Å²) in [5, 5.41) is 4.74. The summed E-state index contributed by atoms with van der Waals surface area (Å²) in [5.74, 6) is 1.04. The van der Waals surface area contributed by atoms with Crippen LogP contribution in [0.4, 0.5) is 5.82 Å². The fraction of sp³-hybridized carbons (Fsp3) is 0.571. The monoisotopic (exact) mass is 337 g/mol. The molecule has 2 aromatic rings. The van der Waals surface area contributed by atoms with Gasteiger partial charge in [0.1, 0.15) is 10.4 Å². The number of imidazole rings is 1. The van der Waals surface area contributed by atoms with Gasteiger partial charge in [0, 0.05) is 19.5 Å². The number of anilines is 1. The number of nitrogens with two attached hydrogens (primary N) is 1. The van der Waals surface area contributed by atoms with Crippen LogP contribution in [0.15, 0.2) is 16.7 Å². The standard InChI is InChI=1S/C14H20BrN5/c15-14-11(7-8-16)17-12-5-6-13(18-20(12)14)19-9-3-1-2-4-10-19/h5-6H,1-4,7-10,16H2. The number of halogens is 1. The lowest BCUT2D eigenvalue weighted by atomic mass is 10.2. The van der Waals surface area contributed by atoms with E-state index in [9.17, 15) is 0 Å². The minimum Gasteiger partial charge on any atom is -0.355 e. The summed E-state index contributed by atoms with van der Waals surface area (Å²) in [7, 11) is 0. The molecule has 1 aliphatic rings. The minimum atomic E-state index is 0.599. The van der Waals surface area contributed by atoms with E-state index in [1.54, 1.807) is 0 Å². The van der Waals surface area contributed by atoms with Gasteiger partial charge in [-0.05, 0) is 47.4 Å². The number of rotatable bonds is 3. The number of hydrogen-bond acceptors (Lipinski definition) is 4. The molecule has 0 aliphatic carbocycles. The Kier molecular flexibility index (Phi) is 4.21. The molecular formula is C14H20BrN5. The van der Waals surface area contributed by atoms with Crippen LogP contribution in [0.1, 0.15) is 31.4 Å². The molecule has 0 aromatic carbocycles. The molecule has 2 N–H and O–H groups in total. The van der Waals surface area contributed by atoms with Crippen LogP contribution < -0.4 is 10.6 Å². The first-order valence-electron chi connectivity index (χ1n) is 7.29. The summed E-state index contributed by atoms with van der Waals surface area (Å²) in [4.78, 5) is 6.94. The maximum atomic E-state index is 5.62. The molecule has 0 spiro atoms. The van der Waals surface area contributed by atoms with Crippen LogP contribution >= 0.6 is 15.9 Å². The van der Waals surface area contributed by atoms with E-state index in [4.69, 9.17) is 10.8 Å². The van der Waals surface area contributed by atoms with Gasteiger partial charge in [-0.25, -0.2) is 9.50 Å². The maximum Gasteiger partial charge on any atom is 0.155 e. The molecule has 3 rings (SSSR count). The van der Waals surface area contributed by atoms with Crippen molar-refractivity contribution in [1.29, 1.82) is 0 Å². The second-order valence-corrected chi connectivity index (χ2v) is 6.00. The van der Waals surface area contributed by atoms with Gasteiger partial charge < -0.3 is 10.6 Å². The summed E-state index contributed by atoms with van der Waals surface area (Å²) >= 11 is 3.59. The number of nitrogens with zero attached hydrogens (tertiary/aromatic N) is 4. The summed E-state index contributed by atoms with van der Waals surface area (Å²) in [6.07, 6.45) is 5.93. The number of aromatic nitrogens is 3. The maximum absolute atomic E-state index is 5.62. The van der Waals surface area contributed by atoms with Crippen LogP contribution in [0.2, 0.25) is 0 Å². The van der Waals surface area contributed by atoms with Gasteiger partial charge in [0.2, 0.25) is 0 Å². The summed E-state index contributed by atoms with van der Waals surface area (Å²) in [6, 6.07) is 4.12. The van der Waals surface area contributed by atoms with Crippen LogP contribution in [-0.2, 0) is 6.42 Å². The molecule has 0 unspecified atom stereocenters. The van der Waals surface area contributed by atoms with Crippen molar-refractivity contribution in [2.75, 3.05) is 24.5 Å². The fourth-order valence-electron chi connectivity index (χ4n) is 2.71. The molecule has 0 saturated carbocycles. The van der Waals surface area contributed by atoms with Crippen molar-refractivity contribution in [3.63, 3.8) is 0 Å². The first-order valence-corrected chi connectivity index (χ1v) is 8.08. The highest BCUT2D eigenvalue weighted by atomic mass is 79.9. The van der Waals surface area contributed by atoms with Gasteiger partial charge in [-0.3, -0.25) is 0 Å². The van der Waals surface area contributed by atoms with Crippen molar-refractivity contribution in [3.8, 4) is 0 Å². The lowest BCUT2D eigenvalue weighted by Gasteiger charge is -2.21. The third-order valence-electron chi connectivity index (χ3n) is 3.79. The average molecular weight is 338 g/mol. The van der Waals surface area contributed by atoms with Crippen LogP contribution in [-0.4, -0.2) is 34.2 Å². The summed E-state index contributed by atoms with van der Waals surface area (Å²) < 4.78 is 2.81. The third kappa shape index (κ3) is 2.67. The van der Waals surface area contributed by atoms with E-state index in [1.165, 1.54) is 25.7 Å². The van der Waals surface area contributed by atoms with Gasteiger partial charge in [-0.15, -0.1) is 5.10 Å². The molecule has 5 nitrogen and oxygen atoms in total. The largest absolute Gasteiger partial charge is 0.355 e. The van der Waals surface area contributed by atoms with Gasteiger partial charge in [0.15, 0.2) is 5.65 Å². The highest BCUT2D eigenvalue weighted by molar-refractivity contribution is 9.10. The Morgan fingerprint density at radius 1 is 1.15 bits per heavy atom. The normalized spacial score (nSPS) is 16.6. The molecule has 108 valence electrons. The van der Waals surface area contributed by atoms with Crippen LogP contribution in [0.3, 0.4) is 0 Å².